The zero-order valence-electron chi connectivity index (χ0n) is 19.8. The van der Waals surface area contributed by atoms with E-state index < -0.39 is 12.1 Å². The maximum absolute atomic E-state index is 12.7. The molecule has 0 amide bonds. The molecular formula is C24H32F3N5O2. The number of pyridine rings is 1. The van der Waals surface area contributed by atoms with Gasteiger partial charge < -0.3 is 20.1 Å². The fourth-order valence-corrected chi connectivity index (χ4v) is 6.04. The summed E-state index contributed by atoms with van der Waals surface area (Å²) >= 11 is 0. The number of alkyl halides is 3. The highest BCUT2D eigenvalue weighted by molar-refractivity contribution is 5.64. The maximum Gasteiger partial charge on any atom is 0.573 e. The number of hydrogen-bond acceptors (Lipinski definition) is 6. The van der Waals surface area contributed by atoms with Gasteiger partial charge in [-0.15, -0.1) is 13.2 Å². The average molecular weight is 480 g/mol. The van der Waals surface area contributed by atoms with Gasteiger partial charge in [0.25, 0.3) is 0 Å². The largest absolute Gasteiger partial charge is 0.573 e. The lowest BCUT2D eigenvalue weighted by molar-refractivity contribution is -0.274. The van der Waals surface area contributed by atoms with Crippen molar-refractivity contribution >= 4 is 5.82 Å². The maximum atomic E-state index is 12.7. The average Bonchev–Trinajstić information content (AvgIpc) is 3.14. The first kappa shape index (κ1) is 23.4. The molecule has 5 rings (SSSR count). The normalized spacial score (nSPS) is 27.9. The molecule has 186 valence electrons. The number of nitrogens with zero attached hydrogens (tertiary/aromatic N) is 4. The molecule has 2 aromatic heterocycles. The molecule has 0 spiro atoms. The Kier molecular flexibility index (Phi) is 6.00. The Morgan fingerprint density at radius 3 is 2.38 bits per heavy atom. The number of nitrogens with two attached hydrogens (primary N) is 1. The van der Waals surface area contributed by atoms with E-state index in [1.807, 2.05) is 10.7 Å². The van der Waals surface area contributed by atoms with Gasteiger partial charge in [-0.25, -0.2) is 4.98 Å². The molecule has 0 bridgehead atoms. The number of halogens is 3. The van der Waals surface area contributed by atoms with Crippen LogP contribution in [0.3, 0.4) is 0 Å². The van der Waals surface area contributed by atoms with Crippen molar-refractivity contribution < 1.29 is 22.6 Å². The third kappa shape index (κ3) is 4.49. The van der Waals surface area contributed by atoms with Crippen LogP contribution in [-0.2, 0) is 4.74 Å². The molecule has 2 unspecified atom stereocenters. The Morgan fingerprint density at radius 1 is 1.12 bits per heavy atom. The molecule has 3 fully saturated rings. The summed E-state index contributed by atoms with van der Waals surface area (Å²) in [6.45, 7) is 6.35. The van der Waals surface area contributed by atoms with E-state index in [0.717, 1.165) is 31.6 Å². The van der Waals surface area contributed by atoms with Crippen molar-refractivity contribution in [1.29, 1.82) is 0 Å². The summed E-state index contributed by atoms with van der Waals surface area (Å²) < 4.78 is 49.8. The van der Waals surface area contributed by atoms with Crippen LogP contribution in [0.4, 0.5) is 19.0 Å². The van der Waals surface area contributed by atoms with Crippen LogP contribution in [0.25, 0.3) is 11.3 Å². The number of methoxy groups -OCH3 is 1. The zero-order chi connectivity index (χ0) is 24.2. The fourth-order valence-electron chi connectivity index (χ4n) is 6.04. The highest BCUT2D eigenvalue weighted by atomic mass is 19.4. The first-order chi connectivity index (χ1) is 16.1. The first-order valence-electron chi connectivity index (χ1n) is 12.0. The molecule has 0 aromatic carbocycles. The topological polar surface area (TPSA) is 78.4 Å². The minimum atomic E-state index is -4.84. The van der Waals surface area contributed by atoms with E-state index in [1.54, 1.807) is 7.11 Å². The van der Waals surface area contributed by atoms with Gasteiger partial charge in [-0.1, -0.05) is 0 Å². The molecule has 2 N–H and O–H groups in total. The highest BCUT2D eigenvalue weighted by Gasteiger charge is 2.58. The smallest absolute Gasteiger partial charge is 0.402 e. The van der Waals surface area contributed by atoms with Crippen molar-refractivity contribution in [2.45, 2.75) is 70.0 Å². The summed E-state index contributed by atoms with van der Waals surface area (Å²) in [5.41, 5.74) is 7.80. The van der Waals surface area contributed by atoms with Gasteiger partial charge in [0.2, 0.25) is 0 Å². The van der Waals surface area contributed by atoms with Gasteiger partial charge in [-0.3, -0.25) is 4.68 Å². The first-order valence-corrected chi connectivity index (χ1v) is 12.0. The lowest BCUT2D eigenvalue weighted by Gasteiger charge is -2.36. The van der Waals surface area contributed by atoms with Gasteiger partial charge in [0.1, 0.15) is 0 Å². The second kappa shape index (κ2) is 8.71. The number of anilines is 1. The zero-order valence-corrected chi connectivity index (χ0v) is 19.8. The summed E-state index contributed by atoms with van der Waals surface area (Å²) in [4.78, 5) is 6.53. The Labute approximate surface area is 197 Å². The monoisotopic (exact) mass is 479 g/mol. The highest BCUT2D eigenvalue weighted by Crippen LogP contribution is 2.64. The molecule has 1 saturated heterocycles. The van der Waals surface area contributed by atoms with Gasteiger partial charge in [0.15, 0.2) is 11.6 Å². The number of piperidine rings is 1. The number of hydrogen-bond donors (Lipinski definition) is 1. The lowest BCUT2D eigenvalue weighted by Crippen LogP contribution is -2.42. The van der Waals surface area contributed by atoms with Crippen molar-refractivity contribution in [3.63, 3.8) is 0 Å². The molecule has 7 nitrogen and oxygen atoms in total. The van der Waals surface area contributed by atoms with Crippen molar-refractivity contribution in [3.05, 3.63) is 24.0 Å². The minimum Gasteiger partial charge on any atom is -0.402 e. The van der Waals surface area contributed by atoms with E-state index in [9.17, 15) is 13.2 Å². The number of nitrogen functional groups attached to an aromatic ring is 1. The van der Waals surface area contributed by atoms with Crippen LogP contribution in [0.1, 0.15) is 57.2 Å². The van der Waals surface area contributed by atoms with Gasteiger partial charge in [-0.05, 0) is 63.5 Å². The van der Waals surface area contributed by atoms with Crippen LogP contribution in [0, 0.1) is 11.8 Å². The molecule has 2 aliphatic carbocycles. The number of aromatic nitrogens is 3. The van der Waals surface area contributed by atoms with Crippen LogP contribution < -0.4 is 10.5 Å². The van der Waals surface area contributed by atoms with E-state index in [1.165, 1.54) is 25.1 Å². The predicted octanol–water partition coefficient (Wildman–Crippen LogP) is 4.61. The molecule has 1 aliphatic heterocycles. The van der Waals surface area contributed by atoms with Crippen LogP contribution >= 0.6 is 0 Å². The summed E-state index contributed by atoms with van der Waals surface area (Å²) in [6, 6.07) is 4.05. The molecule has 10 heteroatoms. The summed E-state index contributed by atoms with van der Waals surface area (Å²) in [7, 11) is 1.80. The summed E-state index contributed by atoms with van der Waals surface area (Å²) in [5, 5.41) is 4.74. The van der Waals surface area contributed by atoms with Gasteiger partial charge in [0, 0.05) is 55.7 Å². The van der Waals surface area contributed by atoms with E-state index in [-0.39, 0.29) is 11.9 Å². The van der Waals surface area contributed by atoms with E-state index in [4.69, 9.17) is 15.6 Å². The number of ether oxygens (including phenoxy) is 2. The third-order valence-corrected chi connectivity index (χ3v) is 7.74. The molecule has 34 heavy (non-hydrogen) atoms. The minimum absolute atomic E-state index is 0.140. The quantitative estimate of drug-likeness (QED) is 0.652. The van der Waals surface area contributed by atoms with E-state index >= 15 is 0 Å². The van der Waals surface area contributed by atoms with E-state index in [0.29, 0.717) is 41.2 Å². The Balaban J connectivity index is 1.32. The Bertz CT molecular complexity index is 1020. The Morgan fingerprint density at radius 2 is 1.79 bits per heavy atom. The molecule has 3 heterocycles. The molecule has 2 saturated carbocycles. The van der Waals surface area contributed by atoms with Crippen LogP contribution in [0.15, 0.2) is 18.3 Å². The van der Waals surface area contributed by atoms with Crippen molar-refractivity contribution in [1.82, 2.24) is 19.7 Å². The second-order valence-corrected chi connectivity index (χ2v) is 10.1. The summed E-state index contributed by atoms with van der Waals surface area (Å²) in [5.74, 6) is 0.918. The van der Waals surface area contributed by atoms with Crippen LogP contribution in [0.5, 0.6) is 5.75 Å². The fraction of sp³-hybridized carbons (Fsp3) is 0.667. The number of likely N-dealkylation sites (tertiary alicyclic amines) is 1. The molecule has 3 aliphatic rings. The SMILES string of the molecule is COC1CCN(C2C[C@@H]3C(c4cc(-c5cnc(N)c(OC(F)(F)F)c5)nn4C(C)C)[C@@H]3C2)CC1. The molecule has 4 atom stereocenters. The summed E-state index contributed by atoms with van der Waals surface area (Å²) in [6.07, 6.45) is 1.59. The predicted molar refractivity (Wildman–Crippen MR) is 121 cm³/mol. The van der Waals surface area contributed by atoms with Crippen LogP contribution in [0.2, 0.25) is 0 Å². The Hall–Kier alpha value is -2.33. The van der Waals surface area contributed by atoms with E-state index in [2.05, 4.69) is 28.5 Å². The molecule has 0 radical (unpaired) electrons. The van der Waals surface area contributed by atoms with Crippen molar-refractivity contribution in [2.75, 3.05) is 25.9 Å². The van der Waals surface area contributed by atoms with Crippen molar-refractivity contribution in [2.24, 2.45) is 11.8 Å². The van der Waals surface area contributed by atoms with Crippen molar-refractivity contribution in [3.8, 4) is 17.0 Å². The van der Waals surface area contributed by atoms with Gasteiger partial charge in [0.05, 0.1) is 11.8 Å². The molecule has 2 aromatic rings. The standard InChI is InChI=1S/C24H32F3N5O2/c1-13(2)32-20(11-19(30-32)14-8-21(23(28)29-12-14)34-24(25,26)27)22-17-9-15(10-18(17)22)31-6-4-16(33-3)5-7-31/h8,11-13,15-18,22H,4-7,9-10H2,1-3H3,(H2,28,29)/t15?,17-,18+,22?. The van der Waals surface area contributed by atoms with Gasteiger partial charge >= 0.3 is 6.36 Å². The third-order valence-electron chi connectivity index (χ3n) is 7.74. The van der Waals surface area contributed by atoms with Crippen LogP contribution in [-0.4, -0.2) is 58.4 Å². The number of fused-ring (bicyclic) bond motifs is 1. The lowest BCUT2D eigenvalue weighted by atomic mass is 9.99. The second-order valence-electron chi connectivity index (χ2n) is 10.1. The molecular weight excluding hydrogens is 447 g/mol. The number of rotatable bonds is 6. The van der Waals surface area contributed by atoms with Gasteiger partial charge in [-0.2, -0.15) is 5.10 Å².